The predicted octanol–water partition coefficient (Wildman–Crippen LogP) is 0.896. The topological polar surface area (TPSA) is 84.7 Å². The molecule has 0 heterocycles. The molecule has 0 bridgehead atoms. The quantitative estimate of drug-likeness (QED) is 0.731. The lowest BCUT2D eigenvalue weighted by Crippen LogP contribution is -2.39. The van der Waals surface area contributed by atoms with Crippen LogP contribution in [0.2, 0.25) is 0 Å². The van der Waals surface area contributed by atoms with E-state index >= 15 is 0 Å². The molecule has 0 aliphatic carbocycles. The first-order valence-corrected chi connectivity index (χ1v) is 7.94. The first kappa shape index (κ1) is 16.7. The van der Waals surface area contributed by atoms with Crippen LogP contribution in [0.15, 0.2) is 23.1 Å². The number of hydrogen-bond acceptors (Lipinski definition) is 5. The van der Waals surface area contributed by atoms with E-state index in [1.807, 2.05) is 25.9 Å². The largest absolute Gasteiger partial charge is 0.492 e. The van der Waals surface area contributed by atoms with E-state index in [9.17, 15) is 8.42 Å². The summed E-state index contributed by atoms with van der Waals surface area (Å²) in [5.74, 6) is 0.311. The first-order chi connectivity index (χ1) is 9.26. The van der Waals surface area contributed by atoms with Gasteiger partial charge in [0.15, 0.2) is 0 Å². The summed E-state index contributed by atoms with van der Waals surface area (Å²) in [6.45, 7) is 4.60. The molecule has 0 fully saturated rings. The molecule has 7 heteroatoms. The fraction of sp³-hybridized carbons (Fsp3) is 0.538. The third-order valence-corrected chi connectivity index (χ3v) is 4.16. The van der Waals surface area contributed by atoms with Crippen molar-refractivity contribution in [2.45, 2.75) is 24.8 Å². The number of nitrogens with one attached hydrogen (secondary N) is 1. The smallest absolute Gasteiger partial charge is 0.244 e. The number of nitrogens with zero attached hydrogens (tertiary/aromatic N) is 1. The van der Waals surface area contributed by atoms with Crippen molar-refractivity contribution < 1.29 is 13.2 Å². The fourth-order valence-corrected chi connectivity index (χ4v) is 3.34. The van der Waals surface area contributed by atoms with Crippen molar-refractivity contribution in [3.63, 3.8) is 0 Å². The Labute approximate surface area is 121 Å². The molecule has 0 saturated carbocycles. The highest BCUT2D eigenvalue weighted by molar-refractivity contribution is 7.89. The van der Waals surface area contributed by atoms with Crippen molar-refractivity contribution in [3.8, 4) is 5.75 Å². The number of hydrogen-bond donors (Lipinski definition) is 2. The standard InChI is InChI=1S/C13H23N3O3S/c1-5-19-12-7-6-11(14)8-13(12)20(17,18)15-10(2)9-16(3)4/h6-8,10,15H,5,9,14H2,1-4H3. The first-order valence-electron chi connectivity index (χ1n) is 6.45. The van der Waals surface area contributed by atoms with Crippen LogP contribution in [0.4, 0.5) is 5.69 Å². The van der Waals surface area contributed by atoms with Gasteiger partial charge in [0.1, 0.15) is 10.6 Å². The summed E-state index contributed by atoms with van der Waals surface area (Å²) < 4.78 is 32.8. The zero-order chi connectivity index (χ0) is 15.3. The van der Waals surface area contributed by atoms with E-state index < -0.39 is 10.0 Å². The third kappa shape index (κ3) is 4.66. The summed E-state index contributed by atoms with van der Waals surface area (Å²) in [5.41, 5.74) is 6.06. The highest BCUT2D eigenvalue weighted by Gasteiger charge is 2.22. The molecule has 1 aromatic carbocycles. The van der Waals surface area contributed by atoms with Crippen molar-refractivity contribution in [1.82, 2.24) is 9.62 Å². The molecule has 1 rings (SSSR count). The van der Waals surface area contributed by atoms with Crippen LogP contribution < -0.4 is 15.2 Å². The maximum atomic E-state index is 12.4. The Kier molecular flexibility index (Phi) is 5.79. The Morgan fingerprint density at radius 1 is 1.40 bits per heavy atom. The van der Waals surface area contributed by atoms with Crippen molar-refractivity contribution in [2.75, 3.05) is 33.0 Å². The van der Waals surface area contributed by atoms with Gasteiger partial charge >= 0.3 is 0 Å². The number of nitrogen functional groups attached to an aromatic ring is 1. The summed E-state index contributed by atoms with van der Waals surface area (Å²) in [5, 5.41) is 0. The second-order valence-corrected chi connectivity index (χ2v) is 6.61. The van der Waals surface area contributed by atoms with E-state index in [-0.39, 0.29) is 10.9 Å². The number of nitrogens with two attached hydrogens (primary N) is 1. The molecule has 6 nitrogen and oxygen atoms in total. The molecule has 0 saturated heterocycles. The SMILES string of the molecule is CCOc1ccc(N)cc1S(=O)(=O)NC(C)CN(C)C. The van der Waals surface area contributed by atoms with Crippen LogP contribution in [-0.4, -0.2) is 46.6 Å². The number of benzene rings is 1. The van der Waals surface area contributed by atoms with Crippen molar-refractivity contribution in [1.29, 1.82) is 0 Å². The Morgan fingerprint density at radius 2 is 2.05 bits per heavy atom. The second-order valence-electron chi connectivity index (χ2n) is 4.92. The van der Waals surface area contributed by atoms with E-state index in [2.05, 4.69) is 4.72 Å². The third-order valence-electron chi connectivity index (χ3n) is 2.55. The van der Waals surface area contributed by atoms with Gasteiger partial charge in [0.25, 0.3) is 0 Å². The van der Waals surface area contributed by atoms with Gasteiger partial charge in [0.05, 0.1) is 6.61 Å². The van der Waals surface area contributed by atoms with E-state index in [4.69, 9.17) is 10.5 Å². The van der Waals surface area contributed by atoms with Gasteiger partial charge in [-0.3, -0.25) is 0 Å². The van der Waals surface area contributed by atoms with E-state index in [0.29, 0.717) is 24.6 Å². The van der Waals surface area contributed by atoms with Gasteiger partial charge in [-0.15, -0.1) is 0 Å². The molecule has 0 amide bonds. The predicted molar refractivity (Wildman–Crippen MR) is 80.4 cm³/mol. The molecule has 1 unspecified atom stereocenters. The summed E-state index contributed by atoms with van der Waals surface area (Å²) in [4.78, 5) is 1.99. The Hall–Kier alpha value is -1.31. The van der Waals surface area contributed by atoms with E-state index in [1.54, 1.807) is 19.1 Å². The van der Waals surface area contributed by atoms with Crippen LogP contribution >= 0.6 is 0 Å². The Bertz CT molecular complexity index is 544. The highest BCUT2D eigenvalue weighted by Crippen LogP contribution is 2.26. The van der Waals surface area contributed by atoms with Crippen LogP contribution in [0.25, 0.3) is 0 Å². The molecule has 0 spiro atoms. The minimum absolute atomic E-state index is 0.0740. The highest BCUT2D eigenvalue weighted by atomic mass is 32.2. The zero-order valence-electron chi connectivity index (χ0n) is 12.4. The number of anilines is 1. The van der Waals surface area contributed by atoms with Gasteiger partial charge in [-0.1, -0.05) is 0 Å². The molecule has 0 aliphatic rings. The van der Waals surface area contributed by atoms with Gasteiger partial charge in [-0.2, -0.15) is 0 Å². The summed E-state index contributed by atoms with van der Waals surface area (Å²) in [6.07, 6.45) is 0. The van der Waals surface area contributed by atoms with Crippen LogP contribution in [-0.2, 0) is 10.0 Å². The fourth-order valence-electron chi connectivity index (χ4n) is 1.92. The second kappa shape index (κ2) is 6.92. The molecular formula is C13H23N3O3S. The normalized spacial score (nSPS) is 13.4. The molecule has 0 radical (unpaired) electrons. The molecular weight excluding hydrogens is 278 g/mol. The molecule has 3 N–H and O–H groups in total. The van der Waals surface area contributed by atoms with Gasteiger partial charge in [-0.25, -0.2) is 13.1 Å². The lowest BCUT2D eigenvalue weighted by molar-refractivity contribution is 0.330. The summed E-state index contributed by atoms with van der Waals surface area (Å²) in [6, 6.07) is 4.39. The maximum Gasteiger partial charge on any atom is 0.244 e. The molecule has 1 atom stereocenters. The minimum Gasteiger partial charge on any atom is -0.492 e. The number of rotatable bonds is 7. The maximum absolute atomic E-state index is 12.4. The lowest BCUT2D eigenvalue weighted by Gasteiger charge is -2.19. The van der Waals surface area contributed by atoms with Gasteiger partial charge < -0.3 is 15.4 Å². The molecule has 0 aromatic heterocycles. The number of sulfonamides is 1. The lowest BCUT2D eigenvalue weighted by atomic mass is 10.3. The summed E-state index contributed by atoms with van der Waals surface area (Å²) in [7, 11) is 0.110. The minimum atomic E-state index is -3.66. The Morgan fingerprint density at radius 3 is 2.60 bits per heavy atom. The average Bonchev–Trinajstić information content (AvgIpc) is 2.29. The summed E-state index contributed by atoms with van der Waals surface area (Å²) >= 11 is 0. The monoisotopic (exact) mass is 301 g/mol. The van der Waals surface area contributed by atoms with Crippen LogP contribution in [0.3, 0.4) is 0 Å². The number of likely N-dealkylation sites (N-methyl/N-ethyl adjacent to an activating group) is 1. The van der Waals surface area contributed by atoms with Gasteiger partial charge in [-0.05, 0) is 46.1 Å². The zero-order valence-corrected chi connectivity index (χ0v) is 13.2. The molecule has 114 valence electrons. The molecule has 1 aromatic rings. The van der Waals surface area contributed by atoms with Crippen molar-refractivity contribution in [2.24, 2.45) is 0 Å². The number of ether oxygens (including phenoxy) is 1. The molecule has 0 aliphatic heterocycles. The van der Waals surface area contributed by atoms with Gasteiger partial charge in [0.2, 0.25) is 10.0 Å². The van der Waals surface area contributed by atoms with Crippen LogP contribution in [0, 0.1) is 0 Å². The van der Waals surface area contributed by atoms with Crippen molar-refractivity contribution >= 4 is 15.7 Å². The van der Waals surface area contributed by atoms with E-state index in [0.717, 1.165) is 0 Å². The van der Waals surface area contributed by atoms with Crippen LogP contribution in [0.1, 0.15) is 13.8 Å². The van der Waals surface area contributed by atoms with E-state index in [1.165, 1.54) is 6.07 Å². The average molecular weight is 301 g/mol. The van der Waals surface area contributed by atoms with Gasteiger partial charge in [0, 0.05) is 18.3 Å². The molecule has 20 heavy (non-hydrogen) atoms. The van der Waals surface area contributed by atoms with Crippen molar-refractivity contribution in [3.05, 3.63) is 18.2 Å². The van der Waals surface area contributed by atoms with Crippen LogP contribution in [0.5, 0.6) is 5.75 Å². The Balaban J connectivity index is 3.05.